The highest BCUT2D eigenvalue weighted by atomic mass is 32.1. The molecule has 56 valence electrons. The van der Waals surface area contributed by atoms with Crippen LogP contribution in [0.1, 0.15) is 5.56 Å². The largest absolute Gasteiger partial charge is 0.274 e. The predicted octanol–water partition coefficient (Wildman–Crippen LogP) is 1.67. The SMILES string of the molecule is Cc1cc(=O)n2ccsc2c1. The summed E-state index contributed by atoms with van der Waals surface area (Å²) in [5.41, 5.74) is 1.08. The summed E-state index contributed by atoms with van der Waals surface area (Å²) < 4.78 is 1.65. The normalized spacial score (nSPS) is 10.6. The first-order valence-electron chi connectivity index (χ1n) is 3.34. The summed E-state index contributed by atoms with van der Waals surface area (Å²) in [5, 5.41) is 1.91. The van der Waals surface area contributed by atoms with E-state index >= 15 is 0 Å². The van der Waals surface area contributed by atoms with E-state index in [4.69, 9.17) is 0 Å². The molecule has 0 aliphatic rings. The standard InChI is InChI=1S/C8H7NOS/c1-6-4-7(10)9-2-3-11-8(9)5-6/h2-5H,1H3. The van der Waals surface area contributed by atoms with Gasteiger partial charge in [-0.25, -0.2) is 0 Å². The molecule has 0 bridgehead atoms. The van der Waals surface area contributed by atoms with Gasteiger partial charge in [0.15, 0.2) is 0 Å². The van der Waals surface area contributed by atoms with Gasteiger partial charge in [-0.15, -0.1) is 11.3 Å². The van der Waals surface area contributed by atoms with E-state index in [-0.39, 0.29) is 5.56 Å². The van der Waals surface area contributed by atoms with Crippen LogP contribution in [0.15, 0.2) is 28.5 Å². The lowest BCUT2D eigenvalue weighted by molar-refractivity contribution is 1.11. The van der Waals surface area contributed by atoms with Crippen LogP contribution in [0.25, 0.3) is 4.83 Å². The van der Waals surface area contributed by atoms with Gasteiger partial charge in [-0.2, -0.15) is 0 Å². The van der Waals surface area contributed by atoms with E-state index in [0.29, 0.717) is 0 Å². The van der Waals surface area contributed by atoms with E-state index < -0.39 is 0 Å². The molecule has 0 aliphatic heterocycles. The molecule has 0 saturated heterocycles. The number of hydrogen-bond acceptors (Lipinski definition) is 2. The van der Waals surface area contributed by atoms with E-state index in [2.05, 4.69) is 0 Å². The predicted molar refractivity (Wildman–Crippen MR) is 46.3 cm³/mol. The Labute approximate surface area is 67.7 Å². The van der Waals surface area contributed by atoms with Crippen LogP contribution in [-0.4, -0.2) is 4.40 Å². The quantitative estimate of drug-likeness (QED) is 0.582. The van der Waals surface area contributed by atoms with Crippen LogP contribution < -0.4 is 5.56 Å². The molecular weight excluding hydrogens is 158 g/mol. The van der Waals surface area contributed by atoms with Crippen molar-refractivity contribution in [3.63, 3.8) is 0 Å². The molecule has 2 rings (SSSR count). The summed E-state index contributed by atoms with van der Waals surface area (Å²) in [5.74, 6) is 0. The maximum absolute atomic E-state index is 11.2. The van der Waals surface area contributed by atoms with Crippen molar-refractivity contribution in [3.8, 4) is 0 Å². The topological polar surface area (TPSA) is 21.5 Å². The molecule has 0 unspecified atom stereocenters. The minimum Gasteiger partial charge on any atom is -0.274 e. The van der Waals surface area contributed by atoms with Crippen molar-refractivity contribution in [2.45, 2.75) is 6.92 Å². The van der Waals surface area contributed by atoms with Gasteiger partial charge < -0.3 is 0 Å². The van der Waals surface area contributed by atoms with Gasteiger partial charge >= 0.3 is 0 Å². The average Bonchev–Trinajstić information content (AvgIpc) is 2.34. The van der Waals surface area contributed by atoms with E-state index in [1.807, 2.05) is 18.4 Å². The number of rotatable bonds is 0. The number of aryl methyl sites for hydroxylation is 1. The van der Waals surface area contributed by atoms with Crippen LogP contribution >= 0.6 is 11.3 Å². The Morgan fingerprint density at radius 1 is 1.45 bits per heavy atom. The summed E-state index contributed by atoms with van der Waals surface area (Å²) >= 11 is 1.58. The fourth-order valence-electron chi connectivity index (χ4n) is 1.08. The monoisotopic (exact) mass is 165 g/mol. The molecule has 2 aromatic rings. The van der Waals surface area contributed by atoms with Crippen molar-refractivity contribution in [1.29, 1.82) is 0 Å². The zero-order valence-electron chi connectivity index (χ0n) is 6.07. The smallest absolute Gasteiger partial charge is 0.255 e. The van der Waals surface area contributed by atoms with E-state index in [1.165, 1.54) is 0 Å². The molecule has 0 spiro atoms. The second-order valence-corrected chi connectivity index (χ2v) is 3.41. The summed E-state index contributed by atoms with van der Waals surface area (Å²) in [6.07, 6.45) is 1.79. The van der Waals surface area contributed by atoms with Crippen molar-refractivity contribution in [2.75, 3.05) is 0 Å². The number of fused-ring (bicyclic) bond motifs is 1. The summed E-state index contributed by atoms with van der Waals surface area (Å²) in [6, 6.07) is 3.64. The maximum Gasteiger partial charge on any atom is 0.255 e. The average molecular weight is 165 g/mol. The summed E-state index contributed by atoms with van der Waals surface area (Å²) in [7, 11) is 0. The van der Waals surface area contributed by atoms with Gasteiger partial charge in [-0.1, -0.05) is 0 Å². The Hall–Kier alpha value is -1.09. The highest BCUT2D eigenvalue weighted by Crippen LogP contribution is 2.09. The number of nitrogens with zero attached hydrogens (tertiary/aromatic N) is 1. The van der Waals surface area contributed by atoms with Gasteiger partial charge in [-0.3, -0.25) is 9.20 Å². The molecule has 2 nitrogen and oxygen atoms in total. The molecule has 0 saturated carbocycles. The minimum atomic E-state index is 0.0567. The van der Waals surface area contributed by atoms with Gasteiger partial charge in [-0.05, 0) is 18.6 Å². The van der Waals surface area contributed by atoms with E-state index in [0.717, 1.165) is 10.4 Å². The third-order valence-corrected chi connectivity index (χ3v) is 2.39. The Kier molecular flexibility index (Phi) is 1.32. The van der Waals surface area contributed by atoms with Gasteiger partial charge in [0.1, 0.15) is 4.83 Å². The maximum atomic E-state index is 11.2. The van der Waals surface area contributed by atoms with Gasteiger partial charge in [0, 0.05) is 17.6 Å². The molecule has 0 amide bonds. The van der Waals surface area contributed by atoms with Crippen LogP contribution in [0.4, 0.5) is 0 Å². The summed E-state index contributed by atoms with van der Waals surface area (Å²) in [6.45, 7) is 1.93. The van der Waals surface area contributed by atoms with Crippen molar-refractivity contribution in [3.05, 3.63) is 39.6 Å². The zero-order valence-corrected chi connectivity index (χ0v) is 6.89. The second kappa shape index (κ2) is 2.20. The third-order valence-electron chi connectivity index (χ3n) is 1.58. The molecule has 0 atom stereocenters. The molecule has 0 aromatic carbocycles. The van der Waals surface area contributed by atoms with Crippen LogP contribution in [0.2, 0.25) is 0 Å². The van der Waals surface area contributed by atoms with Crippen molar-refractivity contribution < 1.29 is 0 Å². The zero-order chi connectivity index (χ0) is 7.84. The van der Waals surface area contributed by atoms with E-state index in [9.17, 15) is 4.79 Å². The number of aromatic nitrogens is 1. The molecule has 0 radical (unpaired) electrons. The molecule has 3 heteroatoms. The fraction of sp³-hybridized carbons (Fsp3) is 0.125. The van der Waals surface area contributed by atoms with Crippen molar-refractivity contribution >= 4 is 16.2 Å². The van der Waals surface area contributed by atoms with Crippen molar-refractivity contribution in [2.24, 2.45) is 0 Å². The molecule has 0 N–H and O–H groups in total. The van der Waals surface area contributed by atoms with Gasteiger partial charge in [0.2, 0.25) is 0 Å². The Balaban J connectivity index is 3.02. The van der Waals surface area contributed by atoms with Crippen LogP contribution in [0, 0.1) is 6.92 Å². The molecule has 2 heterocycles. The molecule has 0 fully saturated rings. The highest BCUT2D eigenvalue weighted by molar-refractivity contribution is 7.15. The Bertz CT molecular complexity index is 441. The van der Waals surface area contributed by atoms with Gasteiger partial charge in [0.25, 0.3) is 5.56 Å². The Morgan fingerprint density at radius 3 is 3.09 bits per heavy atom. The second-order valence-electron chi connectivity index (χ2n) is 2.48. The highest BCUT2D eigenvalue weighted by Gasteiger charge is 1.96. The van der Waals surface area contributed by atoms with Crippen molar-refractivity contribution in [1.82, 2.24) is 4.40 Å². The first kappa shape index (κ1) is 6.61. The number of thiazole rings is 1. The summed E-state index contributed by atoms with van der Waals surface area (Å²) in [4.78, 5) is 12.2. The third kappa shape index (κ3) is 0.973. The van der Waals surface area contributed by atoms with Crippen LogP contribution in [0.5, 0.6) is 0 Å². The molecule has 0 aliphatic carbocycles. The lowest BCUT2D eigenvalue weighted by Gasteiger charge is -1.92. The van der Waals surface area contributed by atoms with Crippen LogP contribution in [-0.2, 0) is 0 Å². The number of hydrogen-bond donors (Lipinski definition) is 0. The molecule has 2 aromatic heterocycles. The number of pyridine rings is 1. The lowest BCUT2D eigenvalue weighted by Crippen LogP contribution is -2.09. The van der Waals surface area contributed by atoms with Crippen LogP contribution in [0.3, 0.4) is 0 Å². The Morgan fingerprint density at radius 2 is 2.27 bits per heavy atom. The molecular formula is C8H7NOS. The van der Waals surface area contributed by atoms with Gasteiger partial charge in [0.05, 0.1) is 0 Å². The minimum absolute atomic E-state index is 0.0567. The lowest BCUT2D eigenvalue weighted by atomic mass is 10.3. The van der Waals surface area contributed by atoms with E-state index in [1.54, 1.807) is 28.0 Å². The molecule has 11 heavy (non-hydrogen) atoms. The first-order valence-corrected chi connectivity index (χ1v) is 4.22. The fourth-order valence-corrected chi connectivity index (χ4v) is 1.92. The first-order chi connectivity index (χ1) is 5.27.